The Kier molecular flexibility index (Phi) is 31.8. The Labute approximate surface area is 256 Å². The molecule has 41 heavy (non-hydrogen) atoms. The molecule has 0 fully saturated rings. The molecule has 0 saturated carbocycles. The zero-order valence-electron chi connectivity index (χ0n) is 27.7. The first-order chi connectivity index (χ1) is 20.1. The summed E-state index contributed by atoms with van der Waals surface area (Å²) in [5.74, 6) is -0.143. The second-order valence-electron chi connectivity index (χ2n) is 12.8. The highest BCUT2D eigenvalue weighted by Crippen LogP contribution is 2.16. The van der Waals surface area contributed by atoms with Crippen molar-refractivity contribution in [3.63, 3.8) is 0 Å². The Bertz CT molecular complexity index is 530. The number of amides is 1. The van der Waals surface area contributed by atoms with Crippen molar-refractivity contribution in [3.05, 3.63) is 0 Å². The van der Waals surface area contributed by atoms with Gasteiger partial charge in [0.25, 0.3) is 0 Å². The van der Waals surface area contributed by atoms with E-state index in [1.807, 2.05) is 0 Å². The summed E-state index contributed by atoms with van der Waals surface area (Å²) in [4.78, 5) is 12.3. The SMILES string of the molecule is CCCCCCCCCCCCCCCCCC(=O)N[C@@H](CO)[C@H](O)[C@H](O)CCCCCCCCCCCCCC. The van der Waals surface area contributed by atoms with Crippen molar-refractivity contribution in [3.8, 4) is 0 Å². The number of rotatable bonds is 33. The van der Waals surface area contributed by atoms with Crippen LogP contribution in [0.5, 0.6) is 0 Å². The standard InChI is InChI=1S/C36H73NO4/c1-3-5-7-9-11-13-15-17-18-19-21-23-25-27-29-31-35(40)37-33(32-38)36(41)34(39)30-28-26-24-22-20-16-14-12-10-8-6-4-2/h33-34,36,38-39,41H,3-32H2,1-2H3,(H,37,40)/t33-,34+,36-/m0/s1. The second-order valence-corrected chi connectivity index (χ2v) is 12.8. The van der Waals surface area contributed by atoms with Gasteiger partial charge in [-0.3, -0.25) is 4.79 Å². The predicted octanol–water partition coefficient (Wildman–Crippen LogP) is 9.54. The molecule has 0 aromatic carbocycles. The van der Waals surface area contributed by atoms with Gasteiger partial charge >= 0.3 is 0 Å². The molecule has 246 valence electrons. The van der Waals surface area contributed by atoms with Crippen LogP contribution in [0.4, 0.5) is 0 Å². The molecule has 3 atom stereocenters. The van der Waals surface area contributed by atoms with Crippen molar-refractivity contribution in [2.45, 2.75) is 218 Å². The van der Waals surface area contributed by atoms with Crippen molar-refractivity contribution in [1.82, 2.24) is 5.32 Å². The molecule has 4 N–H and O–H groups in total. The number of hydrogen-bond donors (Lipinski definition) is 4. The highest BCUT2D eigenvalue weighted by atomic mass is 16.3. The van der Waals surface area contributed by atoms with Gasteiger partial charge in [0.05, 0.1) is 18.8 Å². The lowest BCUT2D eigenvalue weighted by atomic mass is 9.99. The summed E-state index contributed by atoms with van der Waals surface area (Å²) in [6.45, 7) is 4.16. The highest BCUT2D eigenvalue weighted by Gasteiger charge is 2.26. The Morgan fingerprint density at radius 1 is 0.512 bits per heavy atom. The number of nitrogens with one attached hydrogen (secondary N) is 1. The second kappa shape index (κ2) is 32.3. The molecule has 0 saturated heterocycles. The molecule has 0 radical (unpaired) electrons. The minimum Gasteiger partial charge on any atom is -0.394 e. The molecule has 0 aromatic heterocycles. The van der Waals surface area contributed by atoms with Crippen LogP contribution in [0.25, 0.3) is 0 Å². The normalized spacial score (nSPS) is 13.8. The molecule has 0 bridgehead atoms. The van der Waals surface area contributed by atoms with E-state index in [9.17, 15) is 20.1 Å². The highest BCUT2D eigenvalue weighted by molar-refractivity contribution is 5.76. The quantitative estimate of drug-likeness (QED) is 0.0579. The molecule has 0 aliphatic rings. The van der Waals surface area contributed by atoms with Crippen LogP contribution in [0.2, 0.25) is 0 Å². The van der Waals surface area contributed by atoms with Crippen LogP contribution in [0.15, 0.2) is 0 Å². The van der Waals surface area contributed by atoms with Gasteiger partial charge in [0.1, 0.15) is 6.10 Å². The van der Waals surface area contributed by atoms with Crippen LogP contribution in [0.1, 0.15) is 200 Å². The van der Waals surface area contributed by atoms with E-state index in [0.717, 1.165) is 38.5 Å². The fourth-order valence-electron chi connectivity index (χ4n) is 5.81. The summed E-state index contributed by atoms with van der Waals surface area (Å²) >= 11 is 0. The van der Waals surface area contributed by atoms with E-state index >= 15 is 0 Å². The van der Waals surface area contributed by atoms with E-state index in [1.165, 1.54) is 135 Å². The average molecular weight is 584 g/mol. The van der Waals surface area contributed by atoms with Crippen molar-refractivity contribution >= 4 is 5.91 Å². The van der Waals surface area contributed by atoms with E-state index in [0.29, 0.717) is 12.8 Å². The van der Waals surface area contributed by atoms with E-state index in [4.69, 9.17) is 0 Å². The molecule has 0 aliphatic heterocycles. The third-order valence-electron chi connectivity index (χ3n) is 8.71. The fraction of sp³-hybridized carbons (Fsp3) is 0.972. The molecule has 5 heteroatoms. The molecule has 0 aliphatic carbocycles. The molecule has 0 aromatic rings. The lowest BCUT2D eigenvalue weighted by Crippen LogP contribution is -2.50. The Balaban J connectivity index is 3.66. The Morgan fingerprint density at radius 3 is 1.17 bits per heavy atom. The van der Waals surface area contributed by atoms with Crippen LogP contribution < -0.4 is 5.32 Å². The van der Waals surface area contributed by atoms with Gasteiger partial charge in [0.2, 0.25) is 5.91 Å². The lowest BCUT2D eigenvalue weighted by Gasteiger charge is -2.26. The number of carbonyl (C=O) groups is 1. The summed E-state index contributed by atoms with van der Waals surface area (Å²) in [6, 6.07) is -0.800. The minimum absolute atomic E-state index is 0.143. The third-order valence-corrected chi connectivity index (χ3v) is 8.71. The first-order valence-electron chi connectivity index (χ1n) is 18.3. The lowest BCUT2D eigenvalue weighted by molar-refractivity contribution is -0.124. The Morgan fingerprint density at radius 2 is 0.829 bits per heavy atom. The van der Waals surface area contributed by atoms with Gasteiger partial charge in [0, 0.05) is 6.42 Å². The largest absolute Gasteiger partial charge is 0.394 e. The van der Waals surface area contributed by atoms with Gasteiger partial charge < -0.3 is 20.6 Å². The molecular weight excluding hydrogens is 510 g/mol. The third kappa shape index (κ3) is 27.9. The number of aliphatic hydroxyl groups excluding tert-OH is 3. The molecule has 0 heterocycles. The monoisotopic (exact) mass is 584 g/mol. The first kappa shape index (κ1) is 40.4. The molecule has 1 amide bonds. The number of hydrogen-bond acceptors (Lipinski definition) is 4. The van der Waals surface area contributed by atoms with Gasteiger partial charge in [-0.25, -0.2) is 0 Å². The zero-order chi connectivity index (χ0) is 30.2. The van der Waals surface area contributed by atoms with Crippen LogP contribution in [-0.2, 0) is 4.79 Å². The zero-order valence-corrected chi connectivity index (χ0v) is 27.7. The van der Waals surface area contributed by atoms with E-state index in [-0.39, 0.29) is 12.5 Å². The number of aliphatic hydroxyl groups is 3. The molecule has 0 unspecified atom stereocenters. The number of unbranched alkanes of at least 4 members (excludes halogenated alkanes) is 25. The minimum atomic E-state index is -1.13. The van der Waals surface area contributed by atoms with Crippen molar-refractivity contribution in [2.75, 3.05) is 6.61 Å². The predicted molar refractivity (Wildman–Crippen MR) is 176 cm³/mol. The topological polar surface area (TPSA) is 89.8 Å². The van der Waals surface area contributed by atoms with Gasteiger partial charge in [-0.05, 0) is 12.8 Å². The Hall–Kier alpha value is -0.650. The molecule has 0 spiro atoms. The molecule has 0 rings (SSSR count). The summed E-state index contributed by atoms with van der Waals surface area (Å²) in [5, 5.41) is 33.3. The maximum absolute atomic E-state index is 12.3. The summed E-state index contributed by atoms with van der Waals surface area (Å²) in [5.41, 5.74) is 0. The maximum Gasteiger partial charge on any atom is 0.220 e. The smallest absolute Gasteiger partial charge is 0.220 e. The van der Waals surface area contributed by atoms with Gasteiger partial charge in [-0.15, -0.1) is 0 Å². The van der Waals surface area contributed by atoms with Gasteiger partial charge in [-0.1, -0.05) is 181 Å². The van der Waals surface area contributed by atoms with Gasteiger partial charge in [0.15, 0.2) is 0 Å². The van der Waals surface area contributed by atoms with Crippen molar-refractivity contribution in [1.29, 1.82) is 0 Å². The van der Waals surface area contributed by atoms with E-state index in [2.05, 4.69) is 19.2 Å². The van der Waals surface area contributed by atoms with E-state index in [1.54, 1.807) is 0 Å². The summed E-state index contributed by atoms with van der Waals surface area (Å²) in [7, 11) is 0. The number of carbonyl (C=O) groups excluding carboxylic acids is 1. The average Bonchev–Trinajstić information content (AvgIpc) is 2.97. The summed E-state index contributed by atoms with van der Waals surface area (Å²) in [6.07, 6.45) is 33.3. The van der Waals surface area contributed by atoms with Crippen LogP contribution in [0.3, 0.4) is 0 Å². The molecular formula is C36H73NO4. The molecule has 5 nitrogen and oxygen atoms in total. The van der Waals surface area contributed by atoms with Crippen LogP contribution in [0, 0.1) is 0 Å². The summed E-state index contributed by atoms with van der Waals surface area (Å²) < 4.78 is 0. The maximum atomic E-state index is 12.3. The first-order valence-corrected chi connectivity index (χ1v) is 18.3. The van der Waals surface area contributed by atoms with Crippen LogP contribution >= 0.6 is 0 Å². The van der Waals surface area contributed by atoms with E-state index < -0.39 is 18.2 Å². The van der Waals surface area contributed by atoms with Gasteiger partial charge in [-0.2, -0.15) is 0 Å². The van der Waals surface area contributed by atoms with Crippen LogP contribution in [-0.4, -0.2) is 46.1 Å². The van der Waals surface area contributed by atoms with Crippen molar-refractivity contribution in [2.24, 2.45) is 0 Å². The van der Waals surface area contributed by atoms with Crippen molar-refractivity contribution < 1.29 is 20.1 Å². The fourth-order valence-corrected chi connectivity index (χ4v) is 5.81.